The van der Waals surface area contributed by atoms with E-state index in [0.717, 1.165) is 42.9 Å². The number of carbonyl (C=O) groups is 1. The molecule has 130 valence electrons. The van der Waals surface area contributed by atoms with Crippen LogP contribution in [0.4, 0.5) is 0 Å². The molecule has 2 aromatic rings. The maximum atomic E-state index is 12.8. The molecular weight excluding hydrogens is 302 g/mol. The summed E-state index contributed by atoms with van der Waals surface area (Å²) in [5, 5.41) is 8.87. The number of hydrogen-bond donors (Lipinski definition) is 0. The van der Waals surface area contributed by atoms with Gasteiger partial charge in [0.05, 0.1) is 30.5 Å². The molecule has 1 amide bonds. The molecule has 0 bridgehead atoms. The van der Waals surface area contributed by atoms with Gasteiger partial charge in [-0.05, 0) is 52.2 Å². The molecule has 6 nitrogen and oxygen atoms in total. The number of carbonyl (C=O) groups excluding carboxylic acids is 1. The third-order valence-electron chi connectivity index (χ3n) is 4.79. The van der Waals surface area contributed by atoms with Crippen LogP contribution in [0.2, 0.25) is 0 Å². The lowest BCUT2D eigenvalue weighted by molar-refractivity contribution is -0.133. The molecule has 1 aliphatic rings. The minimum atomic E-state index is 0.0828. The van der Waals surface area contributed by atoms with Crippen molar-refractivity contribution in [2.45, 2.75) is 65.6 Å². The smallest absolute Gasteiger partial charge is 0.225 e. The number of aromatic nitrogens is 4. The van der Waals surface area contributed by atoms with Gasteiger partial charge < -0.3 is 4.90 Å². The van der Waals surface area contributed by atoms with Crippen LogP contribution in [0.3, 0.4) is 0 Å². The van der Waals surface area contributed by atoms with E-state index in [0.29, 0.717) is 6.42 Å². The van der Waals surface area contributed by atoms with Gasteiger partial charge in [-0.15, -0.1) is 0 Å². The normalized spacial score (nSPS) is 19.0. The second-order valence-electron chi connectivity index (χ2n) is 7.05. The highest BCUT2D eigenvalue weighted by Crippen LogP contribution is 2.23. The summed E-state index contributed by atoms with van der Waals surface area (Å²) in [5.41, 5.74) is 3.27. The Morgan fingerprint density at radius 3 is 2.79 bits per heavy atom. The third kappa shape index (κ3) is 3.52. The third-order valence-corrected chi connectivity index (χ3v) is 4.79. The summed E-state index contributed by atoms with van der Waals surface area (Å²) in [6.45, 7) is 9.78. The topological polar surface area (TPSA) is 56.0 Å². The summed E-state index contributed by atoms with van der Waals surface area (Å²) in [6.07, 6.45) is 6.53. The van der Waals surface area contributed by atoms with Crippen LogP contribution in [0.15, 0.2) is 18.5 Å². The molecule has 0 aliphatic carbocycles. The molecule has 0 aromatic carbocycles. The molecule has 6 heteroatoms. The minimum Gasteiger partial charge on any atom is -0.338 e. The van der Waals surface area contributed by atoms with Crippen molar-refractivity contribution in [1.82, 2.24) is 24.5 Å². The van der Waals surface area contributed by atoms with E-state index in [-0.39, 0.29) is 18.0 Å². The average Bonchev–Trinajstić information content (AvgIpc) is 3.20. The van der Waals surface area contributed by atoms with Crippen LogP contribution >= 0.6 is 0 Å². The lowest BCUT2D eigenvalue weighted by Crippen LogP contribution is -2.39. The van der Waals surface area contributed by atoms with Gasteiger partial charge in [0.25, 0.3) is 0 Å². The van der Waals surface area contributed by atoms with Gasteiger partial charge in [-0.2, -0.15) is 10.2 Å². The molecule has 3 rings (SSSR count). The largest absolute Gasteiger partial charge is 0.338 e. The fourth-order valence-corrected chi connectivity index (χ4v) is 3.69. The van der Waals surface area contributed by atoms with Crippen molar-refractivity contribution in [3.05, 3.63) is 35.4 Å². The zero-order valence-electron chi connectivity index (χ0n) is 15.1. The quantitative estimate of drug-likeness (QED) is 0.847. The standard InChI is InChI=1S/C18H27N5O/c1-13-10-19-21(11-13)12-17-6-5-7-22(17)18(24)9-16(4)23-15(3)8-14(2)20-23/h8,10-11,16-17H,5-7,9,12H2,1-4H3/t16-,17-/m1/s1. The van der Waals surface area contributed by atoms with E-state index in [9.17, 15) is 4.79 Å². The second-order valence-corrected chi connectivity index (χ2v) is 7.05. The van der Waals surface area contributed by atoms with Crippen molar-refractivity contribution < 1.29 is 4.79 Å². The van der Waals surface area contributed by atoms with Gasteiger partial charge in [0.1, 0.15) is 0 Å². The molecule has 1 saturated heterocycles. The number of rotatable bonds is 5. The van der Waals surface area contributed by atoms with Gasteiger partial charge in [0.15, 0.2) is 0 Å². The average molecular weight is 329 g/mol. The summed E-state index contributed by atoms with van der Waals surface area (Å²) < 4.78 is 3.92. The van der Waals surface area contributed by atoms with E-state index in [1.165, 1.54) is 0 Å². The predicted octanol–water partition coefficient (Wildman–Crippen LogP) is 2.65. The highest BCUT2D eigenvalue weighted by molar-refractivity contribution is 5.77. The summed E-state index contributed by atoms with van der Waals surface area (Å²) in [6, 6.07) is 2.39. The van der Waals surface area contributed by atoms with Crippen LogP contribution in [-0.4, -0.2) is 43.0 Å². The minimum absolute atomic E-state index is 0.0828. The Morgan fingerprint density at radius 2 is 2.17 bits per heavy atom. The van der Waals surface area contributed by atoms with E-state index < -0.39 is 0 Å². The Kier molecular flexibility index (Phi) is 4.73. The van der Waals surface area contributed by atoms with Crippen LogP contribution in [0.25, 0.3) is 0 Å². The van der Waals surface area contributed by atoms with Crippen molar-refractivity contribution in [3.8, 4) is 0 Å². The molecule has 0 radical (unpaired) electrons. The first-order valence-electron chi connectivity index (χ1n) is 8.75. The lowest BCUT2D eigenvalue weighted by atomic mass is 10.2. The molecule has 0 spiro atoms. The second kappa shape index (κ2) is 6.79. The summed E-state index contributed by atoms with van der Waals surface area (Å²) in [7, 11) is 0. The van der Waals surface area contributed by atoms with E-state index in [2.05, 4.69) is 23.2 Å². The van der Waals surface area contributed by atoms with Crippen LogP contribution in [0.1, 0.15) is 49.2 Å². The first-order chi connectivity index (χ1) is 11.4. The van der Waals surface area contributed by atoms with Crippen LogP contribution in [0, 0.1) is 20.8 Å². The number of amides is 1. The maximum Gasteiger partial charge on any atom is 0.225 e. The molecule has 0 N–H and O–H groups in total. The van der Waals surface area contributed by atoms with Crippen molar-refractivity contribution in [2.24, 2.45) is 0 Å². The van der Waals surface area contributed by atoms with Gasteiger partial charge in [-0.25, -0.2) is 0 Å². The first-order valence-corrected chi connectivity index (χ1v) is 8.75. The number of likely N-dealkylation sites (tertiary alicyclic amines) is 1. The Bertz CT molecular complexity index is 717. The molecular formula is C18H27N5O. The van der Waals surface area contributed by atoms with Crippen molar-refractivity contribution in [3.63, 3.8) is 0 Å². The Morgan fingerprint density at radius 1 is 1.38 bits per heavy atom. The summed E-state index contributed by atoms with van der Waals surface area (Å²) >= 11 is 0. The molecule has 2 atom stereocenters. The van der Waals surface area contributed by atoms with E-state index in [4.69, 9.17) is 0 Å². The maximum absolute atomic E-state index is 12.8. The zero-order chi connectivity index (χ0) is 17.3. The summed E-state index contributed by atoms with van der Waals surface area (Å²) in [5.74, 6) is 0.224. The fraction of sp³-hybridized carbons (Fsp3) is 0.611. The van der Waals surface area contributed by atoms with Crippen LogP contribution in [0.5, 0.6) is 0 Å². The SMILES string of the molecule is Cc1cnn(C[C@H]2CCCN2C(=O)C[C@@H](C)n2nc(C)cc2C)c1. The number of hydrogen-bond acceptors (Lipinski definition) is 3. The van der Waals surface area contributed by atoms with Crippen LogP contribution in [-0.2, 0) is 11.3 Å². The molecule has 1 aliphatic heterocycles. The van der Waals surface area contributed by atoms with Crippen molar-refractivity contribution >= 4 is 5.91 Å². The number of nitrogens with zero attached hydrogens (tertiary/aromatic N) is 5. The summed E-state index contributed by atoms with van der Waals surface area (Å²) in [4.78, 5) is 14.8. The van der Waals surface area contributed by atoms with Gasteiger partial charge in [0, 0.05) is 24.9 Å². The molecule has 24 heavy (non-hydrogen) atoms. The Balaban J connectivity index is 1.64. The van der Waals surface area contributed by atoms with Gasteiger partial charge in [-0.1, -0.05) is 0 Å². The fourth-order valence-electron chi connectivity index (χ4n) is 3.69. The Labute approximate surface area is 143 Å². The molecule has 3 heterocycles. The van der Waals surface area contributed by atoms with Gasteiger partial charge in [0.2, 0.25) is 5.91 Å². The highest BCUT2D eigenvalue weighted by atomic mass is 16.2. The van der Waals surface area contributed by atoms with Crippen molar-refractivity contribution in [1.29, 1.82) is 0 Å². The van der Waals surface area contributed by atoms with Crippen molar-refractivity contribution in [2.75, 3.05) is 6.54 Å². The van der Waals surface area contributed by atoms with Crippen LogP contribution < -0.4 is 0 Å². The van der Waals surface area contributed by atoms with E-state index in [1.807, 2.05) is 47.4 Å². The molecule has 0 unspecified atom stereocenters. The monoisotopic (exact) mass is 329 g/mol. The lowest BCUT2D eigenvalue weighted by Gasteiger charge is -2.26. The Hall–Kier alpha value is -2.11. The highest BCUT2D eigenvalue weighted by Gasteiger charge is 2.30. The predicted molar refractivity (Wildman–Crippen MR) is 92.7 cm³/mol. The first kappa shape index (κ1) is 16.7. The number of aryl methyl sites for hydroxylation is 3. The van der Waals surface area contributed by atoms with Gasteiger partial charge >= 0.3 is 0 Å². The zero-order valence-corrected chi connectivity index (χ0v) is 15.1. The molecule has 2 aromatic heterocycles. The van der Waals surface area contributed by atoms with E-state index in [1.54, 1.807) is 0 Å². The van der Waals surface area contributed by atoms with E-state index >= 15 is 0 Å². The van der Waals surface area contributed by atoms with Gasteiger partial charge in [-0.3, -0.25) is 14.2 Å². The molecule has 1 fully saturated rings. The molecule has 0 saturated carbocycles.